The molecule has 0 unspecified atom stereocenters. The summed E-state index contributed by atoms with van der Waals surface area (Å²) in [6.07, 6.45) is 3.55. The highest BCUT2D eigenvalue weighted by atomic mass is 16.6. The van der Waals surface area contributed by atoms with Crippen molar-refractivity contribution in [3.8, 4) is 0 Å². The summed E-state index contributed by atoms with van der Waals surface area (Å²) in [5, 5.41) is 0. The Morgan fingerprint density at radius 2 is 1.56 bits per heavy atom. The first-order valence-electron chi connectivity index (χ1n) is 6.79. The van der Waals surface area contributed by atoms with Gasteiger partial charge in [-0.2, -0.15) is 0 Å². The fourth-order valence-electron chi connectivity index (χ4n) is 3.02. The molecule has 0 aromatic heterocycles. The predicted octanol–water partition coefficient (Wildman–Crippen LogP) is 2.37. The van der Waals surface area contributed by atoms with Crippen LogP contribution in [0.2, 0.25) is 0 Å². The number of rotatable bonds is 0. The average molecular weight is 251 g/mol. The van der Waals surface area contributed by atoms with E-state index in [-0.39, 0.29) is 16.9 Å². The summed E-state index contributed by atoms with van der Waals surface area (Å²) in [4.78, 5) is 26.3. The smallest absolute Gasteiger partial charge is 0.410 e. The molecule has 1 saturated heterocycles. The summed E-state index contributed by atoms with van der Waals surface area (Å²) in [6.45, 7) is 6.77. The van der Waals surface area contributed by atoms with E-state index in [1.165, 1.54) is 0 Å². The molecule has 2 saturated carbocycles. The van der Waals surface area contributed by atoms with Crippen molar-refractivity contribution in [2.45, 2.75) is 52.1 Å². The molecule has 0 atom stereocenters. The van der Waals surface area contributed by atoms with Gasteiger partial charge in [-0.1, -0.05) is 0 Å². The van der Waals surface area contributed by atoms with E-state index >= 15 is 0 Å². The molecule has 3 aliphatic rings. The number of carbonyl (C=O) groups is 2. The minimum Gasteiger partial charge on any atom is -0.444 e. The zero-order valence-corrected chi connectivity index (χ0v) is 11.4. The lowest BCUT2D eigenvalue weighted by Gasteiger charge is -2.38. The largest absolute Gasteiger partial charge is 0.444 e. The van der Waals surface area contributed by atoms with Crippen LogP contribution in [-0.2, 0) is 9.53 Å². The van der Waals surface area contributed by atoms with Gasteiger partial charge in [-0.15, -0.1) is 0 Å². The van der Waals surface area contributed by atoms with Crippen LogP contribution in [0.1, 0.15) is 46.5 Å². The topological polar surface area (TPSA) is 46.6 Å². The number of ketones is 1. The van der Waals surface area contributed by atoms with Gasteiger partial charge in [0.15, 0.2) is 0 Å². The lowest BCUT2D eigenvalue weighted by atomic mass is 9.83. The van der Waals surface area contributed by atoms with Crippen LogP contribution in [0, 0.1) is 10.8 Å². The van der Waals surface area contributed by atoms with Gasteiger partial charge in [0.2, 0.25) is 0 Å². The van der Waals surface area contributed by atoms with Crippen molar-refractivity contribution in [2.24, 2.45) is 10.8 Å². The summed E-state index contributed by atoms with van der Waals surface area (Å²) in [5.41, 5.74) is -0.872. The van der Waals surface area contributed by atoms with Crippen LogP contribution in [0.4, 0.5) is 4.79 Å². The Labute approximate surface area is 108 Å². The highest BCUT2D eigenvalue weighted by Crippen LogP contribution is 2.61. The molecule has 100 valence electrons. The minimum absolute atomic E-state index is 0.203. The first kappa shape index (κ1) is 12.0. The molecular weight excluding hydrogens is 230 g/mol. The zero-order chi connectivity index (χ0) is 13.2. The summed E-state index contributed by atoms with van der Waals surface area (Å²) in [6, 6.07) is 0. The number of carbonyl (C=O) groups excluding carboxylic acids is 2. The zero-order valence-electron chi connectivity index (χ0n) is 11.4. The van der Waals surface area contributed by atoms with Crippen LogP contribution in [0.15, 0.2) is 0 Å². The maximum Gasteiger partial charge on any atom is 0.410 e. The molecule has 0 aromatic carbocycles. The van der Waals surface area contributed by atoms with Crippen molar-refractivity contribution in [1.29, 1.82) is 0 Å². The summed E-state index contributed by atoms with van der Waals surface area (Å²) >= 11 is 0. The molecule has 1 amide bonds. The summed E-state index contributed by atoms with van der Waals surface area (Å²) in [7, 11) is 0. The number of ether oxygens (including phenoxy) is 1. The fraction of sp³-hybridized carbons (Fsp3) is 0.857. The number of amides is 1. The minimum atomic E-state index is -0.466. The first-order chi connectivity index (χ1) is 8.27. The Kier molecular flexibility index (Phi) is 2.19. The van der Waals surface area contributed by atoms with E-state index in [1.54, 1.807) is 4.90 Å². The third kappa shape index (κ3) is 1.82. The van der Waals surface area contributed by atoms with Crippen molar-refractivity contribution in [1.82, 2.24) is 4.90 Å². The maximum atomic E-state index is 12.4. The van der Waals surface area contributed by atoms with Gasteiger partial charge in [0, 0.05) is 23.9 Å². The Balaban J connectivity index is 1.75. The lowest BCUT2D eigenvalue weighted by molar-refractivity contribution is -0.134. The van der Waals surface area contributed by atoms with Crippen molar-refractivity contribution in [2.75, 3.05) is 13.1 Å². The van der Waals surface area contributed by atoms with Gasteiger partial charge in [-0.05, 0) is 46.5 Å². The third-order valence-corrected chi connectivity index (χ3v) is 4.31. The monoisotopic (exact) mass is 251 g/mol. The first-order valence-corrected chi connectivity index (χ1v) is 6.79. The Morgan fingerprint density at radius 3 is 1.89 bits per heavy atom. The molecule has 3 fully saturated rings. The molecule has 1 heterocycles. The molecule has 0 bridgehead atoms. The molecular formula is C14H21NO3. The van der Waals surface area contributed by atoms with E-state index in [2.05, 4.69) is 0 Å². The van der Waals surface area contributed by atoms with Crippen LogP contribution in [0.3, 0.4) is 0 Å². The SMILES string of the molecule is CC(C)(C)OC(=O)N1CC2(CC2)C(=O)C2(CC2)C1. The summed E-state index contributed by atoms with van der Waals surface area (Å²) < 4.78 is 5.43. The Morgan fingerprint density at radius 1 is 1.11 bits per heavy atom. The van der Waals surface area contributed by atoms with Gasteiger partial charge in [-0.3, -0.25) is 4.79 Å². The molecule has 0 radical (unpaired) electrons. The van der Waals surface area contributed by atoms with E-state index in [0.29, 0.717) is 18.9 Å². The van der Waals surface area contributed by atoms with Crippen molar-refractivity contribution in [3.63, 3.8) is 0 Å². The molecule has 2 aliphatic carbocycles. The standard InChI is InChI=1S/C14H21NO3/c1-12(2,3)18-11(17)15-8-13(4-5-13)10(16)14(9-15)6-7-14/h4-9H2,1-3H3. The van der Waals surface area contributed by atoms with Crippen LogP contribution >= 0.6 is 0 Å². The van der Waals surface area contributed by atoms with Crippen LogP contribution in [0.5, 0.6) is 0 Å². The maximum absolute atomic E-state index is 12.4. The van der Waals surface area contributed by atoms with Gasteiger partial charge in [0.05, 0.1) is 0 Å². The highest BCUT2D eigenvalue weighted by molar-refractivity contribution is 5.96. The van der Waals surface area contributed by atoms with E-state index < -0.39 is 5.60 Å². The van der Waals surface area contributed by atoms with Gasteiger partial charge in [-0.25, -0.2) is 4.79 Å². The molecule has 1 aliphatic heterocycles. The van der Waals surface area contributed by atoms with E-state index in [1.807, 2.05) is 20.8 Å². The second-order valence-corrected chi connectivity index (χ2v) is 7.23. The van der Waals surface area contributed by atoms with Crippen molar-refractivity contribution in [3.05, 3.63) is 0 Å². The number of hydrogen-bond acceptors (Lipinski definition) is 3. The van der Waals surface area contributed by atoms with E-state index in [9.17, 15) is 9.59 Å². The average Bonchev–Trinajstić information content (AvgIpc) is 3.10. The summed E-state index contributed by atoms with van der Waals surface area (Å²) in [5.74, 6) is 0.426. The number of hydrogen-bond donors (Lipinski definition) is 0. The van der Waals surface area contributed by atoms with Crippen LogP contribution < -0.4 is 0 Å². The number of piperidine rings is 1. The second kappa shape index (κ2) is 3.28. The van der Waals surface area contributed by atoms with Gasteiger partial charge >= 0.3 is 6.09 Å². The number of Topliss-reactive ketones (excluding diaryl/α,β-unsaturated/α-hetero) is 1. The molecule has 2 spiro atoms. The van der Waals surface area contributed by atoms with Gasteiger partial charge in [0.25, 0.3) is 0 Å². The van der Waals surface area contributed by atoms with Crippen LogP contribution in [-0.4, -0.2) is 35.5 Å². The Bertz CT molecular complexity index is 389. The molecule has 0 aromatic rings. The predicted molar refractivity (Wildman–Crippen MR) is 66.1 cm³/mol. The normalized spacial score (nSPS) is 27.5. The molecule has 4 heteroatoms. The van der Waals surface area contributed by atoms with Crippen molar-refractivity contribution < 1.29 is 14.3 Å². The van der Waals surface area contributed by atoms with Crippen LogP contribution in [0.25, 0.3) is 0 Å². The second-order valence-electron chi connectivity index (χ2n) is 7.23. The third-order valence-electron chi connectivity index (χ3n) is 4.31. The number of likely N-dealkylation sites (tertiary alicyclic amines) is 1. The highest BCUT2D eigenvalue weighted by Gasteiger charge is 2.66. The lowest BCUT2D eigenvalue weighted by Crippen LogP contribution is -2.52. The quantitative estimate of drug-likeness (QED) is 0.664. The molecule has 18 heavy (non-hydrogen) atoms. The Hall–Kier alpha value is -1.06. The van der Waals surface area contributed by atoms with Crippen molar-refractivity contribution >= 4 is 11.9 Å². The molecule has 4 nitrogen and oxygen atoms in total. The fourth-order valence-corrected chi connectivity index (χ4v) is 3.02. The van der Waals surface area contributed by atoms with Gasteiger partial charge in [0.1, 0.15) is 11.4 Å². The number of nitrogens with zero attached hydrogens (tertiary/aromatic N) is 1. The molecule has 0 N–H and O–H groups in total. The van der Waals surface area contributed by atoms with E-state index in [0.717, 1.165) is 25.7 Å². The van der Waals surface area contributed by atoms with Gasteiger partial charge < -0.3 is 9.64 Å². The van der Waals surface area contributed by atoms with E-state index in [4.69, 9.17) is 4.74 Å². The molecule has 3 rings (SSSR count).